The van der Waals surface area contributed by atoms with Gasteiger partial charge in [0.05, 0.1) is 0 Å². The molecule has 120 valence electrons. The summed E-state index contributed by atoms with van der Waals surface area (Å²) in [6.07, 6.45) is 5.70. The molecule has 2 aromatic carbocycles. The number of fused-ring (bicyclic) bond motifs is 1. The number of ether oxygens (including phenoxy) is 1. The van der Waals surface area contributed by atoms with Gasteiger partial charge < -0.3 is 10.1 Å². The van der Waals surface area contributed by atoms with Crippen LogP contribution in [0.25, 0.3) is 5.57 Å². The Labute approximate surface area is 139 Å². The highest BCUT2D eigenvalue weighted by Gasteiger charge is 2.25. The minimum absolute atomic E-state index is 0.0957. The standard InChI is InChI=1S/C21H25NO/c1-4-5-6-17-13-20(16-9-7-15(2)8-10-16)23-21-14-18(22-3)11-12-19(17)21/h6-12,14,20,22H,4-5,13H2,1-3H3/b17-6+. The van der Waals surface area contributed by atoms with Gasteiger partial charge in [-0.15, -0.1) is 0 Å². The van der Waals surface area contributed by atoms with Crippen LogP contribution >= 0.6 is 0 Å². The van der Waals surface area contributed by atoms with E-state index in [-0.39, 0.29) is 6.10 Å². The maximum atomic E-state index is 6.33. The van der Waals surface area contributed by atoms with Crippen LogP contribution in [0.1, 0.15) is 49.0 Å². The molecular weight excluding hydrogens is 282 g/mol. The molecule has 1 N–H and O–H groups in total. The summed E-state index contributed by atoms with van der Waals surface area (Å²) >= 11 is 0. The van der Waals surface area contributed by atoms with Crippen LogP contribution in [0.3, 0.4) is 0 Å². The number of rotatable bonds is 4. The minimum atomic E-state index is 0.0957. The predicted octanol–water partition coefficient (Wildman–Crippen LogP) is 5.74. The summed E-state index contributed by atoms with van der Waals surface area (Å²) in [7, 11) is 1.94. The van der Waals surface area contributed by atoms with E-state index in [2.05, 4.69) is 67.7 Å². The molecule has 0 aliphatic carbocycles. The van der Waals surface area contributed by atoms with Crippen molar-refractivity contribution in [3.05, 3.63) is 65.2 Å². The predicted molar refractivity (Wildman–Crippen MR) is 98.0 cm³/mol. The molecule has 2 heteroatoms. The van der Waals surface area contributed by atoms with Crippen molar-refractivity contribution in [3.8, 4) is 5.75 Å². The zero-order valence-corrected chi connectivity index (χ0v) is 14.2. The van der Waals surface area contributed by atoms with E-state index in [0.717, 1.165) is 24.3 Å². The van der Waals surface area contributed by atoms with Crippen molar-refractivity contribution in [1.82, 2.24) is 0 Å². The maximum absolute atomic E-state index is 6.33. The van der Waals surface area contributed by atoms with Crippen LogP contribution in [-0.2, 0) is 0 Å². The fourth-order valence-electron chi connectivity index (χ4n) is 3.02. The number of allylic oxidation sites excluding steroid dienone is 1. The number of hydrogen-bond acceptors (Lipinski definition) is 2. The fraction of sp³-hybridized carbons (Fsp3) is 0.333. The van der Waals surface area contributed by atoms with Crippen LogP contribution in [0, 0.1) is 6.92 Å². The lowest BCUT2D eigenvalue weighted by Gasteiger charge is -2.29. The minimum Gasteiger partial charge on any atom is -0.485 e. The summed E-state index contributed by atoms with van der Waals surface area (Å²) in [6, 6.07) is 15.1. The molecule has 0 saturated carbocycles. The fourth-order valence-corrected chi connectivity index (χ4v) is 3.02. The zero-order chi connectivity index (χ0) is 16.2. The van der Waals surface area contributed by atoms with Crippen LogP contribution in [0.2, 0.25) is 0 Å². The van der Waals surface area contributed by atoms with Gasteiger partial charge >= 0.3 is 0 Å². The first-order chi connectivity index (χ1) is 11.2. The quantitative estimate of drug-likeness (QED) is 0.777. The largest absolute Gasteiger partial charge is 0.485 e. The topological polar surface area (TPSA) is 21.3 Å². The lowest BCUT2D eigenvalue weighted by molar-refractivity contribution is 0.202. The third kappa shape index (κ3) is 3.42. The van der Waals surface area contributed by atoms with E-state index < -0.39 is 0 Å². The van der Waals surface area contributed by atoms with Crippen molar-refractivity contribution in [3.63, 3.8) is 0 Å². The van der Waals surface area contributed by atoms with E-state index in [0.29, 0.717) is 0 Å². The third-order valence-corrected chi connectivity index (χ3v) is 4.42. The van der Waals surface area contributed by atoms with Gasteiger partial charge in [0.25, 0.3) is 0 Å². The Kier molecular flexibility index (Phi) is 4.71. The van der Waals surface area contributed by atoms with Gasteiger partial charge in [-0.2, -0.15) is 0 Å². The first-order valence-corrected chi connectivity index (χ1v) is 8.45. The summed E-state index contributed by atoms with van der Waals surface area (Å²) < 4.78 is 6.33. The van der Waals surface area contributed by atoms with Gasteiger partial charge in [0.15, 0.2) is 0 Å². The van der Waals surface area contributed by atoms with E-state index in [1.165, 1.54) is 28.7 Å². The number of aryl methyl sites for hydroxylation is 1. The molecule has 1 aliphatic rings. The second-order valence-corrected chi connectivity index (χ2v) is 6.20. The van der Waals surface area contributed by atoms with Gasteiger partial charge in [0.2, 0.25) is 0 Å². The molecule has 3 rings (SSSR count). The Morgan fingerprint density at radius 2 is 1.96 bits per heavy atom. The van der Waals surface area contributed by atoms with Crippen LogP contribution in [0.5, 0.6) is 5.75 Å². The van der Waals surface area contributed by atoms with Crippen LogP contribution in [-0.4, -0.2) is 7.05 Å². The van der Waals surface area contributed by atoms with Gasteiger partial charge in [-0.3, -0.25) is 0 Å². The van der Waals surface area contributed by atoms with E-state index >= 15 is 0 Å². The molecule has 1 atom stereocenters. The second-order valence-electron chi connectivity index (χ2n) is 6.20. The summed E-state index contributed by atoms with van der Waals surface area (Å²) in [4.78, 5) is 0. The Morgan fingerprint density at radius 3 is 2.65 bits per heavy atom. The summed E-state index contributed by atoms with van der Waals surface area (Å²) in [6.45, 7) is 4.34. The Morgan fingerprint density at radius 1 is 1.17 bits per heavy atom. The number of benzene rings is 2. The summed E-state index contributed by atoms with van der Waals surface area (Å²) in [5, 5.41) is 3.20. The molecule has 23 heavy (non-hydrogen) atoms. The molecule has 1 aliphatic heterocycles. The highest BCUT2D eigenvalue weighted by molar-refractivity contribution is 5.75. The number of hydrogen-bond donors (Lipinski definition) is 1. The monoisotopic (exact) mass is 307 g/mol. The van der Waals surface area contributed by atoms with Crippen LogP contribution in [0.4, 0.5) is 5.69 Å². The third-order valence-electron chi connectivity index (χ3n) is 4.42. The van der Waals surface area contributed by atoms with Gasteiger partial charge in [-0.1, -0.05) is 49.2 Å². The van der Waals surface area contributed by atoms with Crippen molar-refractivity contribution in [1.29, 1.82) is 0 Å². The molecule has 1 unspecified atom stereocenters. The smallest absolute Gasteiger partial charge is 0.129 e. The number of nitrogens with one attached hydrogen (secondary N) is 1. The lowest BCUT2D eigenvalue weighted by atomic mass is 9.91. The zero-order valence-electron chi connectivity index (χ0n) is 14.2. The molecule has 0 amide bonds. The highest BCUT2D eigenvalue weighted by atomic mass is 16.5. The average Bonchev–Trinajstić information content (AvgIpc) is 2.59. The lowest BCUT2D eigenvalue weighted by Crippen LogP contribution is -2.15. The first-order valence-electron chi connectivity index (χ1n) is 8.45. The molecule has 0 radical (unpaired) electrons. The molecular formula is C21H25NO. The van der Waals surface area contributed by atoms with Crippen molar-refractivity contribution in [2.24, 2.45) is 0 Å². The summed E-state index contributed by atoms with van der Waals surface area (Å²) in [5.41, 5.74) is 6.26. The molecule has 0 aromatic heterocycles. The maximum Gasteiger partial charge on any atom is 0.129 e. The van der Waals surface area contributed by atoms with Crippen molar-refractivity contribution < 1.29 is 4.74 Å². The molecule has 1 heterocycles. The summed E-state index contributed by atoms with van der Waals surface area (Å²) in [5.74, 6) is 0.982. The van der Waals surface area contributed by atoms with E-state index in [9.17, 15) is 0 Å². The van der Waals surface area contributed by atoms with Crippen molar-refractivity contribution in [2.45, 2.75) is 39.2 Å². The van der Waals surface area contributed by atoms with E-state index in [1.54, 1.807) is 0 Å². The van der Waals surface area contributed by atoms with Crippen LogP contribution in [0.15, 0.2) is 48.5 Å². The van der Waals surface area contributed by atoms with Gasteiger partial charge in [-0.25, -0.2) is 0 Å². The Bertz CT molecular complexity index is 700. The van der Waals surface area contributed by atoms with Gasteiger partial charge in [0.1, 0.15) is 11.9 Å². The van der Waals surface area contributed by atoms with Crippen molar-refractivity contribution in [2.75, 3.05) is 12.4 Å². The van der Waals surface area contributed by atoms with Gasteiger partial charge in [-0.05, 0) is 36.6 Å². The molecule has 0 saturated heterocycles. The second kappa shape index (κ2) is 6.91. The first kappa shape index (κ1) is 15.7. The normalized spacial score (nSPS) is 18.4. The highest BCUT2D eigenvalue weighted by Crippen LogP contribution is 2.42. The number of anilines is 1. The van der Waals surface area contributed by atoms with E-state index in [1.807, 2.05) is 7.05 Å². The molecule has 0 bridgehead atoms. The van der Waals surface area contributed by atoms with Crippen molar-refractivity contribution >= 4 is 11.3 Å². The molecule has 0 spiro atoms. The SMILES string of the molecule is CCC/C=C1\CC(c2ccc(C)cc2)Oc2cc(NC)ccc21. The van der Waals surface area contributed by atoms with Gasteiger partial charge in [0, 0.05) is 30.8 Å². The molecule has 0 fully saturated rings. The Balaban J connectivity index is 1.98. The molecule has 2 nitrogen and oxygen atoms in total. The average molecular weight is 307 g/mol. The Hall–Kier alpha value is -2.22. The number of unbranched alkanes of at least 4 members (excludes halogenated alkanes) is 1. The van der Waals surface area contributed by atoms with E-state index in [4.69, 9.17) is 4.74 Å². The van der Waals surface area contributed by atoms with Crippen LogP contribution < -0.4 is 10.1 Å². The molecule has 2 aromatic rings.